The lowest BCUT2D eigenvalue weighted by Crippen LogP contribution is -2.17. The summed E-state index contributed by atoms with van der Waals surface area (Å²) in [7, 11) is 1.59. The van der Waals surface area contributed by atoms with Crippen LogP contribution in [0.4, 0.5) is 8.78 Å². The Morgan fingerprint density at radius 2 is 2.21 bits per heavy atom. The summed E-state index contributed by atoms with van der Waals surface area (Å²) in [5, 5.41) is 9.07. The summed E-state index contributed by atoms with van der Waals surface area (Å²) >= 11 is 0. The lowest BCUT2D eigenvalue weighted by atomic mass is 9.95. The van der Waals surface area contributed by atoms with Crippen molar-refractivity contribution in [1.29, 1.82) is 5.26 Å². The van der Waals surface area contributed by atoms with Crippen LogP contribution in [-0.4, -0.2) is 15.3 Å². The minimum atomic E-state index is -1.35. The number of ketones is 1. The smallest absolute Gasteiger partial charge is 0.219 e. The van der Waals surface area contributed by atoms with Gasteiger partial charge >= 0.3 is 0 Å². The third-order valence-electron chi connectivity index (χ3n) is 2.71. The first-order valence-electron chi connectivity index (χ1n) is 5.40. The van der Waals surface area contributed by atoms with E-state index in [1.165, 1.54) is 10.8 Å². The summed E-state index contributed by atoms with van der Waals surface area (Å²) in [6.45, 7) is 0. The molecule has 0 saturated carbocycles. The second kappa shape index (κ2) is 4.98. The Labute approximate surface area is 107 Å². The highest BCUT2D eigenvalue weighted by Gasteiger charge is 2.27. The van der Waals surface area contributed by atoms with E-state index in [4.69, 9.17) is 5.26 Å². The van der Waals surface area contributed by atoms with Gasteiger partial charge in [-0.3, -0.25) is 4.79 Å². The number of halogens is 2. The average molecular weight is 261 g/mol. The van der Waals surface area contributed by atoms with E-state index in [0.29, 0.717) is 6.07 Å². The van der Waals surface area contributed by atoms with Crippen LogP contribution in [0.5, 0.6) is 0 Å². The number of carbonyl (C=O) groups excluding carboxylic acids is 1. The van der Waals surface area contributed by atoms with Gasteiger partial charge in [0.05, 0.1) is 6.07 Å². The van der Waals surface area contributed by atoms with Crippen molar-refractivity contribution in [1.82, 2.24) is 9.55 Å². The maximum Gasteiger partial charge on any atom is 0.219 e. The number of hydrogen-bond donors (Lipinski definition) is 0. The summed E-state index contributed by atoms with van der Waals surface area (Å²) in [4.78, 5) is 16.0. The van der Waals surface area contributed by atoms with Crippen molar-refractivity contribution >= 4 is 5.78 Å². The van der Waals surface area contributed by atoms with Gasteiger partial charge in [0.1, 0.15) is 17.6 Å². The number of imidazole rings is 1. The van der Waals surface area contributed by atoms with E-state index < -0.39 is 23.3 Å². The molecule has 6 heteroatoms. The number of benzene rings is 1. The first kappa shape index (κ1) is 12.9. The number of aromatic nitrogens is 2. The lowest BCUT2D eigenvalue weighted by molar-refractivity contribution is 0.0964. The van der Waals surface area contributed by atoms with Crippen LogP contribution in [0.3, 0.4) is 0 Å². The zero-order valence-corrected chi connectivity index (χ0v) is 9.97. The second-order valence-electron chi connectivity index (χ2n) is 3.95. The van der Waals surface area contributed by atoms with Gasteiger partial charge in [-0.1, -0.05) is 6.07 Å². The monoisotopic (exact) mass is 261 g/mol. The quantitative estimate of drug-likeness (QED) is 0.796. The zero-order valence-electron chi connectivity index (χ0n) is 9.97. The van der Waals surface area contributed by atoms with Gasteiger partial charge in [-0.25, -0.2) is 13.8 Å². The summed E-state index contributed by atoms with van der Waals surface area (Å²) in [5.74, 6) is -3.60. The van der Waals surface area contributed by atoms with Gasteiger partial charge in [-0.15, -0.1) is 0 Å². The predicted octanol–water partition coefficient (Wildman–Crippen LogP) is 2.19. The van der Waals surface area contributed by atoms with Crippen LogP contribution in [-0.2, 0) is 7.05 Å². The molecule has 0 aliphatic rings. The number of nitrogens with zero attached hydrogens (tertiary/aromatic N) is 3. The fraction of sp³-hybridized carbons (Fsp3) is 0.154. The van der Waals surface area contributed by atoms with Crippen molar-refractivity contribution in [2.24, 2.45) is 7.05 Å². The normalized spacial score (nSPS) is 11.9. The molecule has 1 aromatic heterocycles. The van der Waals surface area contributed by atoms with Gasteiger partial charge in [-0.2, -0.15) is 5.26 Å². The Morgan fingerprint density at radius 3 is 2.74 bits per heavy atom. The average Bonchev–Trinajstić information content (AvgIpc) is 2.78. The van der Waals surface area contributed by atoms with Crippen molar-refractivity contribution in [3.63, 3.8) is 0 Å². The number of carbonyl (C=O) groups is 1. The third kappa shape index (κ3) is 2.36. The Kier molecular flexibility index (Phi) is 3.38. The van der Waals surface area contributed by atoms with Gasteiger partial charge in [0.15, 0.2) is 5.82 Å². The van der Waals surface area contributed by atoms with Crippen LogP contribution >= 0.6 is 0 Å². The van der Waals surface area contributed by atoms with Crippen molar-refractivity contribution in [3.8, 4) is 6.07 Å². The molecule has 1 heterocycles. The Balaban J connectivity index is 2.44. The van der Waals surface area contributed by atoms with Gasteiger partial charge < -0.3 is 4.57 Å². The second-order valence-corrected chi connectivity index (χ2v) is 3.95. The minimum Gasteiger partial charge on any atom is -0.332 e. The SMILES string of the molecule is Cn1ccnc1C(=O)C(C#N)c1ccc(F)cc1F. The van der Waals surface area contributed by atoms with Crippen molar-refractivity contribution < 1.29 is 13.6 Å². The molecule has 96 valence electrons. The Hall–Kier alpha value is -2.55. The van der Waals surface area contributed by atoms with E-state index in [2.05, 4.69) is 4.98 Å². The summed E-state index contributed by atoms with van der Waals surface area (Å²) < 4.78 is 27.9. The molecular formula is C13H9F2N3O. The molecule has 0 fully saturated rings. The van der Waals surface area contributed by atoms with E-state index >= 15 is 0 Å². The molecule has 0 bridgehead atoms. The van der Waals surface area contributed by atoms with Crippen LogP contribution in [0.1, 0.15) is 22.1 Å². The molecule has 0 aliphatic carbocycles. The first-order chi connectivity index (χ1) is 9.04. The lowest BCUT2D eigenvalue weighted by Gasteiger charge is -2.09. The maximum absolute atomic E-state index is 13.6. The van der Waals surface area contributed by atoms with Gasteiger partial charge in [-0.05, 0) is 6.07 Å². The highest BCUT2D eigenvalue weighted by molar-refractivity contribution is 6.00. The van der Waals surface area contributed by atoms with Gasteiger partial charge in [0.25, 0.3) is 0 Å². The molecule has 19 heavy (non-hydrogen) atoms. The van der Waals surface area contributed by atoms with Crippen molar-refractivity contribution in [2.75, 3.05) is 0 Å². The number of nitriles is 1. The van der Waals surface area contributed by atoms with Gasteiger partial charge in [0, 0.05) is 31.1 Å². The third-order valence-corrected chi connectivity index (χ3v) is 2.71. The van der Waals surface area contributed by atoms with E-state index in [1.807, 2.05) is 0 Å². The molecule has 2 aromatic rings. The van der Waals surface area contributed by atoms with Gasteiger partial charge in [0.2, 0.25) is 5.78 Å². The molecule has 1 aromatic carbocycles. The van der Waals surface area contributed by atoms with Crippen LogP contribution in [0.2, 0.25) is 0 Å². The number of hydrogen-bond acceptors (Lipinski definition) is 3. The molecule has 0 radical (unpaired) electrons. The molecule has 0 N–H and O–H groups in total. The molecule has 4 nitrogen and oxygen atoms in total. The highest BCUT2D eigenvalue weighted by atomic mass is 19.1. The molecule has 1 atom stereocenters. The molecule has 2 rings (SSSR count). The summed E-state index contributed by atoms with van der Waals surface area (Å²) in [5.41, 5.74) is -0.156. The molecule has 1 unspecified atom stereocenters. The topological polar surface area (TPSA) is 58.7 Å². The largest absolute Gasteiger partial charge is 0.332 e. The molecule has 0 amide bonds. The summed E-state index contributed by atoms with van der Waals surface area (Å²) in [6, 6.07) is 4.48. The van der Waals surface area contributed by atoms with E-state index in [0.717, 1.165) is 12.1 Å². The molecule has 0 aliphatic heterocycles. The van der Waals surface area contributed by atoms with E-state index in [9.17, 15) is 13.6 Å². The first-order valence-corrected chi connectivity index (χ1v) is 5.40. The van der Waals surface area contributed by atoms with Crippen molar-refractivity contribution in [2.45, 2.75) is 5.92 Å². The minimum absolute atomic E-state index is 0.0512. The fourth-order valence-electron chi connectivity index (χ4n) is 1.74. The zero-order chi connectivity index (χ0) is 14.0. The number of Topliss-reactive ketones (excluding diaryl/α,β-unsaturated/α-hetero) is 1. The van der Waals surface area contributed by atoms with E-state index in [-0.39, 0.29) is 11.4 Å². The highest BCUT2D eigenvalue weighted by Crippen LogP contribution is 2.23. The Bertz CT molecular complexity index is 673. The summed E-state index contributed by atoms with van der Waals surface area (Å²) in [6.07, 6.45) is 2.95. The maximum atomic E-state index is 13.6. The standard InChI is InChI=1S/C13H9F2N3O/c1-18-5-4-17-13(18)12(19)10(7-16)9-3-2-8(14)6-11(9)15/h2-6,10H,1H3. The van der Waals surface area contributed by atoms with Crippen LogP contribution in [0.25, 0.3) is 0 Å². The molecule has 0 spiro atoms. The van der Waals surface area contributed by atoms with Crippen LogP contribution < -0.4 is 0 Å². The van der Waals surface area contributed by atoms with Crippen molar-refractivity contribution in [3.05, 3.63) is 53.6 Å². The molecular weight excluding hydrogens is 252 g/mol. The Morgan fingerprint density at radius 1 is 1.47 bits per heavy atom. The number of rotatable bonds is 3. The predicted molar refractivity (Wildman–Crippen MR) is 62.3 cm³/mol. The number of aryl methyl sites for hydroxylation is 1. The van der Waals surface area contributed by atoms with Crippen LogP contribution in [0.15, 0.2) is 30.6 Å². The van der Waals surface area contributed by atoms with E-state index in [1.54, 1.807) is 19.3 Å². The fourth-order valence-corrected chi connectivity index (χ4v) is 1.74. The van der Waals surface area contributed by atoms with Crippen LogP contribution in [0, 0.1) is 23.0 Å². The molecule has 0 saturated heterocycles.